The maximum absolute atomic E-state index is 13.4. The zero-order chi connectivity index (χ0) is 26.9. The van der Waals surface area contributed by atoms with Crippen molar-refractivity contribution in [3.05, 3.63) is 75.2 Å². The number of rotatable bonds is 6. The molecule has 9 nitrogen and oxygen atoms in total. The highest BCUT2D eigenvalue weighted by atomic mass is 32.2. The number of aryl methyl sites for hydroxylation is 1. The number of hydrogen-bond acceptors (Lipinski definition) is 7. The fourth-order valence-electron chi connectivity index (χ4n) is 3.33. The monoisotopic (exact) mass is 535 g/mol. The summed E-state index contributed by atoms with van der Waals surface area (Å²) < 4.78 is 56.2. The van der Waals surface area contributed by atoms with Crippen LogP contribution in [0.25, 0.3) is 22.4 Å². The van der Waals surface area contributed by atoms with Gasteiger partial charge in [0.05, 0.1) is 5.75 Å². The Morgan fingerprint density at radius 1 is 1.00 bits per heavy atom. The standard InChI is InChI=1S/C23H17F4N5O4S/c1-31-19-17(21(34)32(2)22(31)35)20(30-18(29-19)12-3-5-13(24)6-4-12)37-11-16(33)28-14-7-9-15(10-8-14)36-23(25,26)27/h3-10H,11H2,1-2H3,(H,28,33). The molecule has 0 atom stereocenters. The van der Waals surface area contributed by atoms with Gasteiger partial charge in [-0.3, -0.25) is 18.7 Å². The number of alkyl halides is 3. The second-order valence-electron chi connectivity index (χ2n) is 7.67. The second-order valence-corrected chi connectivity index (χ2v) is 8.64. The van der Waals surface area contributed by atoms with Crippen molar-refractivity contribution in [1.29, 1.82) is 0 Å². The molecule has 2 heterocycles. The number of thioether (sulfide) groups is 1. The normalized spacial score (nSPS) is 11.5. The van der Waals surface area contributed by atoms with E-state index in [4.69, 9.17) is 0 Å². The average Bonchev–Trinajstić information content (AvgIpc) is 2.85. The van der Waals surface area contributed by atoms with Gasteiger partial charge in [0.15, 0.2) is 11.5 Å². The van der Waals surface area contributed by atoms with Crippen LogP contribution >= 0.6 is 11.8 Å². The number of carbonyl (C=O) groups excluding carboxylic acids is 1. The van der Waals surface area contributed by atoms with Gasteiger partial charge in [0.25, 0.3) is 5.56 Å². The molecule has 4 rings (SSSR count). The number of amides is 1. The molecule has 1 N–H and O–H groups in total. The van der Waals surface area contributed by atoms with E-state index < -0.39 is 35.1 Å². The highest BCUT2D eigenvalue weighted by Crippen LogP contribution is 2.27. The lowest BCUT2D eigenvalue weighted by Crippen LogP contribution is -2.37. The molecule has 0 aliphatic rings. The average molecular weight is 535 g/mol. The lowest BCUT2D eigenvalue weighted by atomic mass is 10.2. The Hall–Kier alpha value is -4.20. The SMILES string of the molecule is Cn1c(=O)c2c(SCC(=O)Nc3ccc(OC(F)(F)F)cc3)nc(-c3ccc(F)cc3)nc2n(C)c1=O. The number of nitrogens with one attached hydrogen (secondary N) is 1. The molecule has 0 bridgehead atoms. The summed E-state index contributed by atoms with van der Waals surface area (Å²) in [5, 5.41) is 2.66. The Kier molecular flexibility index (Phi) is 7.03. The fourth-order valence-corrected chi connectivity index (χ4v) is 4.15. The quantitative estimate of drug-likeness (QED) is 0.229. The van der Waals surface area contributed by atoms with Gasteiger partial charge in [-0.2, -0.15) is 0 Å². The van der Waals surface area contributed by atoms with Crippen molar-refractivity contribution in [2.45, 2.75) is 11.4 Å². The number of fused-ring (bicyclic) bond motifs is 1. The molecule has 1 amide bonds. The van der Waals surface area contributed by atoms with Crippen LogP contribution in [0.2, 0.25) is 0 Å². The minimum Gasteiger partial charge on any atom is -0.406 e. The first kappa shape index (κ1) is 25.9. The van der Waals surface area contributed by atoms with Crippen LogP contribution in [-0.2, 0) is 18.9 Å². The Balaban J connectivity index is 1.63. The number of benzene rings is 2. The second kappa shape index (κ2) is 10.0. The van der Waals surface area contributed by atoms with E-state index in [2.05, 4.69) is 20.0 Å². The largest absolute Gasteiger partial charge is 0.573 e. The van der Waals surface area contributed by atoms with Crippen LogP contribution in [0.1, 0.15) is 0 Å². The highest BCUT2D eigenvalue weighted by molar-refractivity contribution is 8.00. The van der Waals surface area contributed by atoms with Crippen molar-refractivity contribution < 1.29 is 27.1 Å². The van der Waals surface area contributed by atoms with E-state index in [0.29, 0.717) is 5.56 Å². The minimum atomic E-state index is -4.84. The molecule has 0 aliphatic heterocycles. The zero-order valence-electron chi connectivity index (χ0n) is 19.2. The van der Waals surface area contributed by atoms with Gasteiger partial charge < -0.3 is 10.1 Å². The number of nitrogens with zero attached hydrogens (tertiary/aromatic N) is 4. The summed E-state index contributed by atoms with van der Waals surface area (Å²) in [5.41, 5.74) is -0.604. The van der Waals surface area contributed by atoms with Gasteiger partial charge >= 0.3 is 12.1 Å². The van der Waals surface area contributed by atoms with Gasteiger partial charge in [-0.15, -0.1) is 13.2 Å². The molecule has 0 spiro atoms. The predicted molar refractivity (Wildman–Crippen MR) is 128 cm³/mol. The molecular weight excluding hydrogens is 518 g/mol. The smallest absolute Gasteiger partial charge is 0.406 e. The van der Waals surface area contributed by atoms with Crippen molar-refractivity contribution in [3.8, 4) is 17.1 Å². The van der Waals surface area contributed by atoms with Gasteiger partial charge in [0, 0.05) is 25.3 Å². The minimum absolute atomic E-state index is 0.0157. The first-order valence-corrected chi connectivity index (χ1v) is 11.4. The van der Waals surface area contributed by atoms with Gasteiger partial charge in [-0.25, -0.2) is 19.2 Å². The molecule has 14 heteroatoms. The van der Waals surface area contributed by atoms with Crippen molar-refractivity contribution in [2.75, 3.05) is 11.1 Å². The van der Waals surface area contributed by atoms with E-state index >= 15 is 0 Å². The summed E-state index contributed by atoms with van der Waals surface area (Å²) in [4.78, 5) is 46.6. The summed E-state index contributed by atoms with van der Waals surface area (Å²) in [7, 11) is 2.73. The molecule has 0 saturated carbocycles. The van der Waals surface area contributed by atoms with E-state index in [1.54, 1.807) is 0 Å². The van der Waals surface area contributed by atoms with Crippen LogP contribution < -0.4 is 21.3 Å². The fraction of sp³-hybridized carbons (Fsp3) is 0.174. The molecule has 37 heavy (non-hydrogen) atoms. The number of carbonyl (C=O) groups is 1. The molecule has 0 aliphatic carbocycles. The third-order valence-electron chi connectivity index (χ3n) is 5.08. The van der Waals surface area contributed by atoms with Crippen LogP contribution in [0.5, 0.6) is 5.75 Å². The van der Waals surface area contributed by atoms with E-state index in [-0.39, 0.29) is 33.3 Å². The summed E-state index contributed by atoms with van der Waals surface area (Å²) in [6.07, 6.45) is -4.84. The van der Waals surface area contributed by atoms with Gasteiger partial charge in [-0.05, 0) is 48.5 Å². The molecule has 2 aromatic carbocycles. The molecule has 2 aromatic heterocycles. The van der Waals surface area contributed by atoms with Crippen molar-refractivity contribution >= 4 is 34.4 Å². The molecule has 0 saturated heterocycles. The van der Waals surface area contributed by atoms with Gasteiger partial charge in [0.2, 0.25) is 5.91 Å². The molecule has 0 unspecified atom stereocenters. The van der Waals surface area contributed by atoms with E-state index in [0.717, 1.165) is 28.5 Å². The lowest BCUT2D eigenvalue weighted by Gasteiger charge is -2.12. The summed E-state index contributed by atoms with van der Waals surface area (Å²) in [6.45, 7) is 0. The number of aromatic nitrogens is 4. The van der Waals surface area contributed by atoms with Crippen molar-refractivity contribution in [1.82, 2.24) is 19.1 Å². The molecule has 0 fully saturated rings. The number of ether oxygens (including phenoxy) is 1. The van der Waals surface area contributed by atoms with Gasteiger partial charge in [-0.1, -0.05) is 11.8 Å². The van der Waals surface area contributed by atoms with Crippen LogP contribution in [0.4, 0.5) is 23.2 Å². The zero-order valence-corrected chi connectivity index (χ0v) is 20.0. The first-order valence-electron chi connectivity index (χ1n) is 10.4. The highest BCUT2D eigenvalue weighted by Gasteiger charge is 2.31. The van der Waals surface area contributed by atoms with E-state index in [1.165, 1.54) is 55.1 Å². The maximum atomic E-state index is 13.4. The predicted octanol–water partition coefficient (Wildman–Crippen LogP) is 3.46. The molecule has 192 valence electrons. The first-order chi connectivity index (χ1) is 17.4. The molecule has 0 radical (unpaired) electrons. The third-order valence-corrected chi connectivity index (χ3v) is 6.06. The Labute approximate surface area is 209 Å². The van der Waals surface area contributed by atoms with Crippen LogP contribution in [-0.4, -0.2) is 37.1 Å². The molecular formula is C23H17F4N5O4S. The Morgan fingerprint density at radius 3 is 2.27 bits per heavy atom. The number of hydrogen-bond donors (Lipinski definition) is 1. The number of halogens is 4. The molecule has 4 aromatic rings. The van der Waals surface area contributed by atoms with Crippen molar-refractivity contribution in [3.63, 3.8) is 0 Å². The van der Waals surface area contributed by atoms with E-state index in [1.807, 2.05) is 0 Å². The Morgan fingerprint density at radius 2 is 1.65 bits per heavy atom. The van der Waals surface area contributed by atoms with Gasteiger partial charge in [0.1, 0.15) is 22.0 Å². The summed E-state index contributed by atoms with van der Waals surface area (Å²) in [5.74, 6) is -1.58. The number of anilines is 1. The third kappa shape index (κ3) is 5.80. The Bertz CT molecular complexity index is 1600. The van der Waals surface area contributed by atoms with Crippen LogP contribution in [0, 0.1) is 5.82 Å². The summed E-state index contributed by atoms with van der Waals surface area (Å²) >= 11 is 0.898. The topological polar surface area (TPSA) is 108 Å². The summed E-state index contributed by atoms with van der Waals surface area (Å²) in [6, 6.07) is 9.85. The van der Waals surface area contributed by atoms with Crippen molar-refractivity contribution in [2.24, 2.45) is 14.1 Å². The lowest BCUT2D eigenvalue weighted by molar-refractivity contribution is -0.274. The van der Waals surface area contributed by atoms with Crippen LogP contribution in [0.3, 0.4) is 0 Å². The maximum Gasteiger partial charge on any atom is 0.573 e. The van der Waals surface area contributed by atoms with Crippen LogP contribution in [0.15, 0.2) is 63.1 Å². The van der Waals surface area contributed by atoms with E-state index in [9.17, 15) is 31.9 Å².